The number of carbonyl (C=O) groups excluding carboxylic acids is 1. The summed E-state index contributed by atoms with van der Waals surface area (Å²) in [4.78, 5) is 19.2. The van der Waals surface area contributed by atoms with Gasteiger partial charge in [0.25, 0.3) is 0 Å². The second-order valence-corrected chi connectivity index (χ2v) is 4.98. The van der Waals surface area contributed by atoms with E-state index < -0.39 is 41.0 Å². The third-order valence-electron chi connectivity index (χ3n) is 3.09. The van der Waals surface area contributed by atoms with Gasteiger partial charge >= 0.3 is 18.3 Å². The van der Waals surface area contributed by atoms with E-state index in [1.54, 1.807) is 0 Å². The van der Waals surface area contributed by atoms with Crippen LogP contribution >= 0.6 is 0 Å². The predicted octanol–water partition coefficient (Wildman–Crippen LogP) is 3.90. The number of hydrogen-bond donors (Lipinski definition) is 0. The molecule has 0 saturated carbocycles. The Bertz CT molecular complexity index is 868. The third kappa shape index (κ3) is 3.90. The van der Waals surface area contributed by atoms with E-state index in [2.05, 4.69) is 9.97 Å². The lowest BCUT2D eigenvalue weighted by atomic mass is 10.1. The predicted molar refractivity (Wildman–Crippen MR) is 76.1 cm³/mol. The van der Waals surface area contributed by atoms with Gasteiger partial charge < -0.3 is 0 Å². The maximum absolute atomic E-state index is 13.0. The largest absolute Gasteiger partial charge is 0.472 e. The molecule has 2 aromatic rings. The molecule has 0 N–H and O–H groups in total. The molecule has 1 heterocycles. The van der Waals surface area contributed by atoms with Crippen molar-refractivity contribution in [3.63, 3.8) is 0 Å². The maximum Gasteiger partial charge on any atom is 0.472 e. The number of rotatable bonds is 2. The zero-order chi connectivity index (χ0) is 19.7. The molecule has 0 saturated heterocycles. The minimum Gasteiger partial charge on any atom is -0.263 e. The molecule has 0 atom stereocenters. The summed E-state index contributed by atoms with van der Waals surface area (Å²) in [6.07, 6.45) is -8.97. The van der Waals surface area contributed by atoms with Crippen molar-refractivity contribution >= 4 is 17.4 Å². The number of aryl methyl sites for hydroxylation is 1. The number of benzene rings is 1. The minimum absolute atomic E-state index is 0.0126. The molecule has 0 radical (unpaired) electrons. The summed E-state index contributed by atoms with van der Waals surface area (Å²) in [5, 5.41) is 9.02. The highest BCUT2D eigenvalue weighted by atomic mass is 19.4. The Hall–Kier alpha value is -3.16. The summed E-state index contributed by atoms with van der Waals surface area (Å²) in [7, 11) is 0. The highest BCUT2D eigenvalue weighted by Crippen LogP contribution is 2.34. The van der Waals surface area contributed by atoms with Crippen LogP contribution in [-0.4, -0.2) is 22.1 Å². The molecule has 1 aromatic heterocycles. The summed E-state index contributed by atoms with van der Waals surface area (Å²) < 4.78 is 76.8. The lowest BCUT2D eigenvalue weighted by molar-refractivity contribution is -0.169. The highest BCUT2D eigenvalue weighted by molar-refractivity contribution is 6.03. The van der Waals surface area contributed by atoms with Gasteiger partial charge in [0.05, 0.1) is 16.9 Å². The van der Waals surface area contributed by atoms with E-state index in [-0.39, 0.29) is 10.6 Å². The first kappa shape index (κ1) is 19.2. The van der Waals surface area contributed by atoms with Gasteiger partial charge in [0.15, 0.2) is 11.5 Å². The number of anilines is 2. The minimum atomic E-state index is -5.36. The van der Waals surface area contributed by atoms with Gasteiger partial charge in [-0.05, 0) is 31.2 Å². The van der Waals surface area contributed by atoms with Gasteiger partial charge in [0.2, 0.25) is 0 Å². The maximum atomic E-state index is 13.0. The lowest BCUT2D eigenvalue weighted by Gasteiger charge is -2.24. The van der Waals surface area contributed by atoms with E-state index in [9.17, 15) is 31.1 Å². The smallest absolute Gasteiger partial charge is 0.263 e. The molecule has 5 nitrogen and oxygen atoms in total. The van der Waals surface area contributed by atoms with Crippen molar-refractivity contribution < 1.29 is 31.1 Å². The molecule has 0 aliphatic carbocycles. The molecule has 0 spiro atoms. The summed E-state index contributed by atoms with van der Waals surface area (Å²) in [5.41, 5.74) is -2.15. The fourth-order valence-electron chi connectivity index (χ4n) is 1.96. The number of hydrogen-bond acceptors (Lipinski definition) is 4. The van der Waals surface area contributed by atoms with Crippen molar-refractivity contribution in [1.82, 2.24) is 9.97 Å². The number of nitrogens with zero attached hydrogens (tertiary/aromatic N) is 4. The molecule has 0 unspecified atom stereocenters. The Morgan fingerprint density at radius 1 is 1.12 bits per heavy atom. The molecule has 26 heavy (non-hydrogen) atoms. The summed E-state index contributed by atoms with van der Waals surface area (Å²) in [6, 6.07) is 3.89. The molecule has 136 valence electrons. The second kappa shape index (κ2) is 6.62. The van der Waals surface area contributed by atoms with Crippen LogP contribution in [0.2, 0.25) is 0 Å². The summed E-state index contributed by atoms with van der Waals surface area (Å²) in [6.45, 7) is 1.36. The molecule has 0 bridgehead atoms. The number of nitriles is 1. The van der Waals surface area contributed by atoms with Crippen LogP contribution in [0.1, 0.15) is 17.0 Å². The first-order valence-electron chi connectivity index (χ1n) is 6.77. The molecule has 0 fully saturated rings. The Kier molecular flexibility index (Phi) is 4.88. The molecular weight excluding hydrogens is 366 g/mol. The number of halogens is 6. The SMILES string of the molecule is Cc1cnc(C#N)c(N(C(=O)C(F)(F)F)c2ccc(C(F)(F)F)cc2)n1. The highest BCUT2D eigenvalue weighted by Gasteiger charge is 2.45. The Morgan fingerprint density at radius 2 is 1.69 bits per heavy atom. The van der Waals surface area contributed by atoms with Gasteiger partial charge in [-0.25, -0.2) is 9.97 Å². The zero-order valence-electron chi connectivity index (χ0n) is 12.9. The van der Waals surface area contributed by atoms with Crippen LogP contribution in [0.3, 0.4) is 0 Å². The van der Waals surface area contributed by atoms with E-state index in [1.807, 2.05) is 0 Å². The topological polar surface area (TPSA) is 69.9 Å². The molecule has 0 aliphatic rings. The van der Waals surface area contributed by atoms with Crippen molar-refractivity contribution in [3.8, 4) is 6.07 Å². The van der Waals surface area contributed by atoms with E-state index in [4.69, 9.17) is 5.26 Å². The van der Waals surface area contributed by atoms with Crippen LogP contribution in [0.5, 0.6) is 0 Å². The van der Waals surface area contributed by atoms with Crippen molar-refractivity contribution in [3.05, 3.63) is 47.4 Å². The zero-order valence-corrected chi connectivity index (χ0v) is 12.9. The van der Waals surface area contributed by atoms with Crippen LogP contribution < -0.4 is 4.90 Å². The van der Waals surface area contributed by atoms with E-state index in [0.717, 1.165) is 6.20 Å². The number of aromatic nitrogens is 2. The van der Waals surface area contributed by atoms with Crippen LogP contribution in [-0.2, 0) is 11.0 Å². The monoisotopic (exact) mass is 374 g/mol. The van der Waals surface area contributed by atoms with Crippen molar-refractivity contribution in [2.75, 3.05) is 4.90 Å². The summed E-state index contributed by atoms with van der Waals surface area (Å²) >= 11 is 0. The quantitative estimate of drug-likeness (QED) is 0.748. The Morgan fingerprint density at radius 3 is 2.15 bits per heavy atom. The summed E-state index contributed by atoms with van der Waals surface area (Å²) in [5.74, 6) is -3.15. The van der Waals surface area contributed by atoms with Crippen molar-refractivity contribution in [1.29, 1.82) is 5.26 Å². The van der Waals surface area contributed by atoms with Crippen molar-refractivity contribution in [2.24, 2.45) is 0 Å². The van der Waals surface area contributed by atoms with Gasteiger partial charge in [0.1, 0.15) is 6.07 Å². The average molecular weight is 374 g/mol. The Balaban J connectivity index is 2.66. The normalized spacial score (nSPS) is 11.8. The first-order valence-corrected chi connectivity index (χ1v) is 6.77. The molecule has 0 aliphatic heterocycles. The fraction of sp³-hybridized carbons (Fsp3) is 0.200. The molecule has 1 aromatic carbocycles. The fourth-order valence-corrected chi connectivity index (χ4v) is 1.96. The molecule has 11 heteroatoms. The third-order valence-corrected chi connectivity index (χ3v) is 3.09. The van der Waals surface area contributed by atoms with Gasteiger partial charge in [-0.3, -0.25) is 9.69 Å². The molecule has 1 amide bonds. The van der Waals surface area contributed by atoms with Crippen LogP contribution in [0.4, 0.5) is 37.8 Å². The molecular formula is C15H8F6N4O. The van der Waals surface area contributed by atoms with E-state index >= 15 is 0 Å². The van der Waals surface area contributed by atoms with Crippen molar-refractivity contribution in [2.45, 2.75) is 19.3 Å². The van der Waals surface area contributed by atoms with E-state index in [1.165, 1.54) is 13.0 Å². The number of amides is 1. The van der Waals surface area contributed by atoms with Gasteiger partial charge in [-0.2, -0.15) is 31.6 Å². The lowest BCUT2D eigenvalue weighted by Crippen LogP contribution is -2.39. The van der Waals surface area contributed by atoms with Crippen LogP contribution in [0.25, 0.3) is 0 Å². The van der Waals surface area contributed by atoms with Crippen LogP contribution in [0, 0.1) is 18.3 Å². The van der Waals surface area contributed by atoms with Gasteiger partial charge in [-0.15, -0.1) is 0 Å². The Labute approximate surface area is 142 Å². The molecule has 2 rings (SSSR count). The van der Waals surface area contributed by atoms with Gasteiger partial charge in [-0.1, -0.05) is 0 Å². The number of carbonyl (C=O) groups is 1. The average Bonchev–Trinajstić information content (AvgIpc) is 2.54. The van der Waals surface area contributed by atoms with E-state index in [0.29, 0.717) is 24.3 Å². The van der Waals surface area contributed by atoms with Gasteiger partial charge in [0, 0.05) is 6.20 Å². The van der Waals surface area contributed by atoms with Crippen LogP contribution in [0.15, 0.2) is 30.5 Å². The number of alkyl halides is 6. The first-order chi connectivity index (χ1) is 11.9. The second-order valence-electron chi connectivity index (χ2n) is 4.98. The standard InChI is InChI=1S/C15H8F6N4O/c1-8-7-23-11(6-22)12(24-8)25(13(26)15(19,20)21)10-4-2-9(3-5-10)14(16,17)18/h2-5,7H,1H3.